The summed E-state index contributed by atoms with van der Waals surface area (Å²) in [5.41, 5.74) is 2.36. The fraction of sp³-hybridized carbons (Fsp3) is 0.600. The quantitative estimate of drug-likeness (QED) is 0.633. The summed E-state index contributed by atoms with van der Waals surface area (Å²) < 4.78 is 0. The van der Waals surface area contributed by atoms with Crippen molar-refractivity contribution < 1.29 is 0 Å². The highest BCUT2D eigenvalue weighted by Gasteiger charge is 2.21. The Labute approximate surface area is 73.1 Å². The van der Waals surface area contributed by atoms with Gasteiger partial charge in [-0.3, -0.25) is 0 Å². The summed E-state index contributed by atoms with van der Waals surface area (Å²) in [6, 6.07) is 2.12. The molecule has 1 fully saturated rings. The second-order valence-corrected chi connectivity index (χ2v) is 3.61. The van der Waals surface area contributed by atoms with E-state index in [1.165, 1.54) is 25.0 Å². The van der Waals surface area contributed by atoms with Crippen LogP contribution in [0.15, 0.2) is 6.07 Å². The summed E-state index contributed by atoms with van der Waals surface area (Å²) in [6.45, 7) is 4.01. The molecule has 12 heavy (non-hydrogen) atoms. The van der Waals surface area contributed by atoms with E-state index >= 15 is 0 Å². The number of aromatic nitrogens is 2. The van der Waals surface area contributed by atoms with Crippen molar-refractivity contribution in [3.63, 3.8) is 0 Å². The zero-order chi connectivity index (χ0) is 8.55. The maximum absolute atomic E-state index is 4.44. The average molecular weight is 162 g/mol. The van der Waals surface area contributed by atoms with Crippen LogP contribution in [0.2, 0.25) is 0 Å². The Morgan fingerprint density at radius 1 is 1.25 bits per heavy atom. The molecule has 0 radical (unpaired) electrons. The van der Waals surface area contributed by atoms with Crippen molar-refractivity contribution in [2.45, 2.75) is 39.0 Å². The molecule has 0 amide bonds. The van der Waals surface area contributed by atoms with E-state index in [0.29, 0.717) is 0 Å². The van der Waals surface area contributed by atoms with Crippen LogP contribution in [-0.4, -0.2) is 9.97 Å². The molecule has 64 valence electrons. The van der Waals surface area contributed by atoms with Crippen molar-refractivity contribution in [1.29, 1.82) is 0 Å². The Bertz CT molecular complexity index is 270. The first-order valence-electron chi connectivity index (χ1n) is 4.58. The van der Waals surface area contributed by atoms with Crippen LogP contribution in [0.5, 0.6) is 0 Å². The number of aryl methyl sites for hydroxylation is 2. The van der Waals surface area contributed by atoms with Gasteiger partial charge in [-0.2, -0.15) is 0 Å². The van der Waals surface area contributed by atoms with E-state index in [-0.39, 0.29) is 0 Å². The van der Waals surface area contributed by atoms with E-state index in [9.17, 15) is 0 Å². The molecule has 1 aliphatic rings. The highest BCUT2D eigenvalue weighted by Crippen LogP contribution is 2.35. The van der Waals surface area contributed by atoms with Gasteiger partial charge in [0.1, 0.15) is 5.82 Å². The third-order valence-electron chi connectivity index (χ3n) is 2.51. The lowest BCUT2D eigenvalue weighted by molar-refractivity contribution is 0.409. The molecule has 2 rings (SSSR count). The molecule has 0 atom stereocenters. The van der Waals surface area contributed by atoms with Crippen LogP contribution in [-0.2, 0) is 0 Å². The van der Waals surface area contributed by atoms with Gasteiger partial charge in [-0.25, -0.2) is 9.97 Å². The Kier molecular flexibility index (Phi) is 1.83. The van der Waals surface area contributed by atoms with E-state index in [2.05, 4.69) is 16.0 Å². The van der Waals surface area contributed by atoms with Gasteiger partial charge in [0.25, 0.3) is 0 Å². The molecule has 1 aromatic heterocycles. The summed E-state index contributed by atoms with van der Waals surface area (Å²) in [4.78, 5) is 8.71. The zero-order valence-electron chi connectivity index (χ0n) is 7.67. The largest absolute Gasteiger partial charge is 0.239 e. The van der Waals surface area contributed by atoms with Crippen LogP contribution in [0, 0.1) is 13.8 Å². The van der Waals surface area contributed by atoms with Gasteiger partial charge >= 0.3 is 0 Å². The monoisotopic (exact) mass is 162 g/mol. The van der Waals surface area contributed by atoms with Gasteiger partial charge in [0.15, 0.2) is 0 Å². The van der Waals surface area contributed by atoms with E-state index in [0.717, 1.165) is 17.4 Å². The molecular weight excluding hydrogens is 148 g/mol. The molecule has 0 saturated heterocycles. The van der Waals surface area contributed by atoms with Gasteiger partial charge in [-0.15, -0.1) is 0 Å². The first-order valence-corrected chi connectivity index (χ1v) is 4.58. The number of hydrogen-bond donors (Lipinski definition) is 0. The Hall–Kier alpha value is -0.920. The van der Waals surface area contributed by atoms with E-state index in [1.54, 1.807) is 0 Å². The van der Waals surface area contributed by atoms with Crippen LogP contribution < -0.4 is 0 Å². The minimum Gasteiger partial charge on any atom is -0.239 e. The molecule has 0 N–H and O–H groups in total. The maximum atomic E-state index is 4.44. The third-order valence-corrected chi connectivity index (χ3v) is 2.51. The lowest BCUT2D eigenvalue weighted by atomic mass is 9.82. The van der Waals surface area contributed by atoms with Crippen LogP contribution in [0.25, 0.3) is 0 Å². The molecule has 0 unspecified atom stereocenters. The fourth-order valence-electron chi connectivity index (χ4n) is 1.66. The summed E-state index contributed by atoms with van der Waals surface area (Å²) in [5, 5.41) is 0. The fourth-order valence-corrected chi connectivity index (χ4v) is 1.66. The van der Waals surface area contributed by atoms with Crippen molar-refractivity contribution in [2.75, 3.05) is 0 Å². The van der Waals surface area contributed by atoms with Crippen molar-refractivity contribution in [1.82, 2.24) is 9.97 Å². The smallest absolute Gasteiger partial charge is 0.125 e. The van der Waals surface area contributed by atoms with Gasteiger partial charge in [0, 0.05) is 17.3 Å². The molecule has 2 nitrogen and oxygen atoms in total. The Morgan fingerprint density at radius 3 is 2.50 bits per heavy atom. The topological polar surface area (TPSA) is 25.8 Å². The maximum Gasteiger partial charge on any atom is 0.125 e. The first kappa shape index (κ1) is 7.71. The Balaban J connectivity index is 2.30. The summed E-state index contributed by atoms with van der Waals surface area (Å²) in [6.07, 6.45) is 4.00. The second-order valence-electron chi connectivity index (χ2n) is 3.61. The predicted molar refractivity (Wildman–Crippen MR) is 48.1 cm³/mol. The SMILES string of the molecule is Cc1cc(C2CCC2)nc(C)n1. The van der Waals surface area contributed by atoms with E-state index < -0.39 is 0 Å². The molecule has 1 heterocycles. The third kappa shape index (κ3) is 1.33. The van der Waals surface area contributed by atoms with Crippen LogP contribution in [0.4, 0.5) is 0 Å². The minimum absolute atomic E-state index is 0.727. The van der Waals surface area contributed by atoms with Crippen molar-refractivity contribution in [2.24, 2.45) is 0 Å². The Morgan fingerprint density at radius 2 is 2.00 bits per heavy atom. The minimum atomic E-state index is 0.727. The summed E-state index contributed by atoms with van der Waals surface area (Å²) in [5.74, 6) is 1.64. The second kappa shape index (κ2) is 2.85. The van der Waals surface area contributed by atoms with Crippen LogP contribution in [0.1, 0.15) is 42.4 Å². The van der Waals surface area contributed by atoms with E-state index in [4.69, 9.17) is 0 Å². The first-order chi connectivity index (χ1) is 5.75. The average Bonchev–Trinajstić information content (AvgIpc) is 1.79. The lowest BCUT2D eigenvalue weighted by Gasteiger charge is -2.24. The molecular formula is C10H14N2. The van der Waals surface area contributed by atoms with Gasteiger partial charge in [0.05, 0.1) is 0 Å². The van der Waals surface area contributed by atoms with Crippen molar-refractivity contribution in [3.05, 3.63) is 23.3 Å². The van der Waals surface area contributed by atoms with Gasteiger partial charge in [0.2, 0.25) is 0 Å². The highest BCUT2D eigenvalue weighted by molar-refractivity contribution is 5.15. The van der Waals surface area contributed by atoms with Gasteiger partial charge in [-0.1, -0.05) is 6.42 Å². The predicted octanol–water partition coefficient (Wildman–Crippen LogP) is 2.36. The molecule has 1 aromatic rings. The molecule has 0 aromatic carbocycles. The molecule has 2 heteroatoms. The summed E-state index contributed by atoms with van der Waals surface area (Å²) >= 11 is 0. The van der Waals surface area contributed by atoms with E-state index in [1.807, 2.05) is 13.8 Å². The van der Waals surface area contributed by atoms with Gasteiger partial charge in [-0.05, 0) is 32.8 Å². The molecule has 0 spiro atoms. The van der Waals surface area contributed by atoms with Gasteiger partial charge < -0.3 is 0 Å². The number of rotatable bonds is 1. The molecule has 1 aliphatic carbocycles. The number of hydrogen-bond acceptors (Lipinski definition) is 2. The van der Waals surface area contributed by atoms with Crippen molar-refractivity contribution >= 4 is 0 Å². The summed E-state index contributed by atoms with van der Waals surface area (Å²) in [7, 11) is 0. The highest BCUT2D eigenvalue weighted by atomic mass is 14.9. The molecule has 1 saturated carbocycles. The molecule has 0 bridgehead atoms. The zero-order valence-corrected chi connectivity index (χ0v) is 7.67. The number of nitrogens with zero attached hydrogens (tertiary/aromatic N) is 2. The normalized spacial score (nSPS) is 17.5. The van der Waals surface area contributed by atoms with Crippen LogP contribution >= 0.6 is 0 Å². The van der Waals surface area contributed by atoms with Crippen molar-refractivity contribution in [3.8, 4) is 0 Å². The van der Waals surface area contributed by atoms with Crippen LogP contribution in [0.3, 0.4) is 0 Å². The molecule has 0 aliphatic heterocycles. The lowest BCUT2D eigenvalue weighted by Crippen LogP contribution is -2.12. The standard InChI is InChI=1S/C10H14N2/c1-7-6-10(9-4-3-5-9)12-8(2)11-7/h6,9H,3-5H2,1-2H3.